The SMILES string of the molecule is CN(C)c1cccc2c1NC(=NCc1cccc(Cl)c1)C1(CCSCC1)N2. The van der Waals surface area contributed by atoms with Crippen molar-refractivity contribution in [3.63, 3.8) is 0 Å². The molecule has 0 saturated carbocycles. The molecule has 2 aromatic rings. The van der Waals surface area contributed by atoms with Crippen LogP contribution >= 0.6 is 23.4 Å². The minimum Gasteiger partial charge on any atom is -0.376 e. The van der Waals surface area contributed by atoms with E-state index in [9.17, 15) is 0 Å². The second-order valence-corrected chi connectivity index (χ2v) is 8.99. The highest BCUT2D eigenvalue weighted by Crippen LogP contribution is 2.42. The summed E-state index contributed by atoms with van der Waals surface area (Å²) in [6.07, 6.45) is 2.15. The fraction of sp³-hybridized carbons (Fsp3) is 0.381. The van der Waals surface area contributed by atoms with E-state index < -0.39 is 0 Å². The van der Waals surface area contributed by atoms with E-state index in [1.54, 1.807) is 0 Å². The fourth-order valence-corrected chi connectivity index (χ4v) is 5.18. The molecule has 1 fully saturated rings. The first-order valence-electron chi connectivity index (χ1n) is 9.30. The van der Waals surface area contributed by atoms with Crippen LogP contribution in [0.4, 0.5) is 17.1 Å². The maximum atomic E-state index is 6.15. The van der Waals surface area contributed by atoms with Crippen molar-refractivity contribution in [2.24, 2.45) is 4.99 Å². The van der Waals surface area contributed by atoms with Gasteiger partial charge in [0.1, 0.15) is 5.84 Å². The molecule has 142 valence electrons. The number of anilines is 3. The molecule has 2 aromatic carbocycles. The van der Waals surface area contributed by atoms with Crippen molar-refractivity contribution in [3.05, 3.63) is 53.1 Å². The standard InChI is InChI=1S/C21H25ClN4S/c1-26(2)18-8-4-7-17-19(18)24-20(21(25-17)9-11-27-12-10-21)23-14-15-5-3-6-16(22)13-15/h3-8,13,25H,9-12,14H2,1-2H3,(H,23,24). The van der Waals surface area contributed by atoms with Gasteiger partial charge in [0.05, 0.1) is 29.1 Å². The molecular formula is C21H25ClN4S. The number of fused-ring (bicyclic) bond motifs is 1. The average molecular weight is 401 g/mol. The summed E-state index contributed by atoms with van der Waals surface area (Å²) in [5, 5.41) is 8.30. The molecule has 2 N–H and O–H groups in total. The molecule has 6 heteroatoms. The van der Waals surface area contributed by atoms with Crippen molar-refractivity contribution in [2.75, 3.05) is 41.1 Å². The number of nitrogens with one attached hydrogen (secondary N) is 2. The van der Waals surface area contributed by atoms with Gasteiger partial charge in [0.15, 0.2) is 0 Å². The Hall–Kier alpha value is -1.85. The quantitative estimate of drug-likeness (QED) is 0.751. The third-order valence-corrected chi connectivity index (χ3v) is 6.47. The number of hydrogen-bond acceptors (Lipinski definition) is 4. The van der Waals surface area contributed by atoms with Crippen LogP contribution in [-0.2, 0) is 6.54 Å². The van der Waals surface area contributed by atoms with Crippen molar-refractivity contribution in [3.8, 4) is 0 Å². The maximum absolute atomic E-state index is 6.15. The Kier molecular flexibility index (Phi) is 5.24. The van der Waals surface area contributed by atoms with Crippen LogP contribution in [0.5, 0.6) is 0 Å². The van der Waals surface area contributed by atoms with Crippen LogP contribution in [-0.4, -0.2) is 37.0 Å². The van der Waals surface area contributed by atoms with E-state index >= 15 is 0 Å². The van der Waals surface area contributed by atoms with Gasteiger partial charge in [-0.1, -0.05) is 29.8 Å². The molecule has 27 heavy (non-hydrogen) atoms. The molecule has 4 rings (SSSR count). The Morgan fingerprint density at radius 1 is 1.15 bits per heavy atom. The molecule has 0 aliphatic carbocycles. The predicted octanol–water partition coefficient (Wildman–Crippen LogP) is 5.11. The summed E-state index contributed by atoms with van der Waals surface area (Å²) in [4.78, 5) is 7.16. The molecule has 2 heterocycles. The zero-order chi connectivity index (χ0) is 18.9. The van der Waals surface area contributed by atoms with E-state index in [-0.39, 0.29) is 5.54 Å². The highest BCUT2D eigenvalue weighted by Gasteiger charge is 2.41. The number of rotatable bonds is 3. The molecule has 2 aliphatic rings. The van der Waals surface area contributed by atoms with Crippen molar-refractivity contribution in [1.82, 2.24) is 0 Å². The summed E-state index contributed by atoms with van der Waals surface area (Å²) in [6.45, 7) is 0.624. The lowest BCUT2D eigenvalue weighted by molar-refractivity contribution is 0.559. The Morgan fingerprint density at radius 2 is 1.93 bits per heavy atom. The topological polar surface area (TPSA) is 39.7 Å². The van der Waals surface area contributed by atoms with Crippen molar-refractivity contribution in [1.29, 1.82) is 0 Å². The first-order valence-corrected chi connectivity index (χ1v) is 10.8. The highest BCUT2D eigenvalue weighted by atomic mass is 35.5. The number of benzene rings is 2. The zero-order valence-electron chi connectivity index (χ0n) is 15.8. The summed E-state index contributed by atoms with van der Waals surface area (Å²) in [7, 11) is 4.14. The monoisotopic (exact) mass is 400 g/mol. The van der Waals surface area contributed by atoms with Gasteiger partial charge in [0, 0.05) is 19.1 Å². The molecule has 1 saturated heterocycles. The molecule has 4 nitrogen and oxygen atoms in total. The van der Waals surface area contributed by atoms with Crippen LogP contribution in [0.25, 0.3) is 0 Å². The number of nitrogens with zero attached hydrogens (tertiary/aromatic N) is 2. The number of thioether (sulfide) groups is 1. The molecule has 1 spiro atoms. The zero-order valence-corrected chi connectivity index (χ0v) is 17.3. The Morgan fingerprint density at radius 3 is 2.67 bits per heavy atom. The van der Waals surface area contributed by atoms with E-state index in [1.165, 1.54) is 0 Å². The average Bonchev–Trinajstić information content (AvgIpc) is 2.66. The van der Waals surface area contributed by atoms with Crippen molar-refractivity contribution >= 4 is 46.3 Å². The molecule has 0 amide bonds. The molecule has 0 unspecified atom stereocenters. The number of para-hydroxylation sites is 1. The van der Waals surface area contributed by atoms with Gasteiger partial charge in [-0.15, -0.1) is 0 Å². The third kappa shape index (κ3) is 3.76. The molecule has 0 bridgehead atoms. The predicted molar refractivity (Wildman–Crippen MR) is 120 cm³/mol. The lowest BCUT2D eigenvalue weighted by Gasteiger charge is -2.44. The summed E-state index contributed by atoms with van der Waals surface area (Å²) in [6, 6.07) is 14.4. The van der Waals surface area contributed by atoms with Gasteiger partial charge in [0.25, 0.3) is 0 Å². The first-order chi connectivity index (χ1) is 13.1. The molecule has 2 aliphatic heterocycles. The van der Waals surface area contributed by atoms with Crippen molar-refractivity contribution in [2.45, 2.75) is 24.9 Å². The van der Waals surface area contributed by atoms with E-state index in [0.29, 0.717) is 6.54 Å². The van der Waals surface area contributed by atoms with Crippen LogP contribution in [0.15, 0.2) is 47.5 Å². The minimum atomic E-state index is -0.109. The van der Waals surface area contributed by atoms with Gasteiger partial charge >= 0.3 is 0 Å². The third-order valence-electron chi connectivity index (χ3n) is 5.25. The van der Waals surface area contributed by atoms with Gasteiger partial charge in [0.2, 0.25) is 0 Å². The van der Waals surface area contributed by atoms with Crippen LogP contribution < -0.4 is 15.5 Å². The van der Waals surface area contributed by atoms with E-state index in [0.717, 1.165) is 57.8 Å². The summed E-state index contributed by atoms with van der Waals surface area (Å²) in [5.41, 5.74) is 4.45. The Balaban J connectivity index is 1.72. The van der Waals surface area contributed by atoms with Gasteiger partial charge in [-0.3, -0.25) is 4.99 Å². The van der Waals surface area contributed by atoms with E-state index in [1.807, 2.05) is 30.0 Å². The van der Waals surface area contributed by atoms with Crippen LogP contribution in [0, 0.1) is 0 Å². The summed E-state index contributed by atoms with van der Waals surface area (Å²) in [5.74, 6) is 3.34. The van der Waals surface area contributed by atoms with Crippen LogP contribution in [0.3, 0.4) is 0 Å². The first kappa shape index (κ1) is 18.5. The smallest absolute Gasteiger partial charge is 0.127 e. The number of halogens is 1. The number of amidine groups is 1. The van der Waals surface area contributed by atoms with E-state index in [4.69, 9.17) is 16.6 Å². The number of hydrogen-bond donors (Lipinski definition) is 2. The fourth-order valence-electron chi connectivity index (χ4n) is 3.78. The van der Waals surface area contributed by atoms with Crippen LogP contribution in [0.2, 0.25) is 5.02 Å². The maximum Gasteiger partial charge on any atom is 0.127 e. The van der Waals surface area contributed by atoms with E-state index in [2.05, 4.69) is 53.9 Å². The van der Waals surface area contributed by atoms with Gasteiger partial charge in [-0.05, 0) is 54.2 Å². The summed E-state index contributed by atoms with van der Waals surface area (Å²) >= 11 is 8.17. The Bertz CT molecular complexity index is 859. The van der Waals surface area contributed by atoms with Crippen LogP contribution in [0.1, 0.15) is 18.4 Å². The van der Waals surface area contributed by atoms with Gasteiger partial charge in [-0.2, -0.15) is 11.8 Å². The lowest BCUT2D eigenvalue weighted by atomic mass is 9.87. The highest BCUT2D eigenvalue weighted by molar-refractivity contribution is 7.99. The molecule has 0 atom stereocenters. The van der Waals surface area contributed by atoms with Gasteiger partial charge < -0.3 is 15.5 Å². The largest absolute Gasteiger partial charge is 0.376 e. The normalized spacial score (nSPS) is 19.3. The molecular weight excluding hydrogens is 376 g/mol. The summed E-state index contributed by atoms with van der Waals surface area (Å²) < 4.78 is 0. The van der Waals surface area contributed by atoms with Crippen molar-refractivity contribution < 1.29 is 0 Å². The molecule has 0 radical (unpaired) electrons. The Labute approximate surface area is 170 Å². The lowest BCUT2D eigenvalue weighted by Crippen LogP contribution is -2.55. The number of aliphatic imine (C=N–C) groups is 1. The second-order valence-electron chi connectivity index (χ2n) is 7.33. The van der Waals surface area contributed by atoms with Gasteiger partial charge in [-0.25, -0.2) is 0 Å². The molecule has 0 aromatic heterocycles. The minimum absolute atomic E-state index is 0.109. The second kappa shape index (κ2) is 7.64.